The molecule has 0 spiro atoms. The highest BCUT2D eigenvalue weighted by Gasteiger charge is 2.29. The Kier molecular flexibility index (Phi) is 6.03. The summed E-state index contributed by atoms with van der Waals surface area (Å²) in [6, 6.07) is 0. The van der Waals surface area contributed by atoms with Crippen LogP contribution in [0.1, 0.15) is 51.9 Å². The summed E-state index contributed by atoms with van der Waals surface area (Å²) in [5, 5.41) is 8.83. The molecular formula is C16H27NO4. The second-order valence-corrected chi connectivity index (χ2v) is 6.52. The van der Waals surface area contributed by atoms with Crippen molar-refractivity contribution in [2.24, 2.45) is 11.8 Å². The van der Waals surface area contributed by atoms with Crippen LogP contribution in [0.25, 0.3) is 0 Å². The Morgan fingerprint density at radius 3 is 2.67 bits per heavy atom. The zero-order chi connectivity index (χ0) is 15.2. The number of morpholine rings is 1. The largest absolute Gasteiger partial charge is 0.481 e. The molecule has 5 nitrogen and oxygen atoms in total. The summed E-state index contributed by atoms with van der Waals surface area (Å²) in [4.78, 5) is 25.1. The van der Waals surface area contributed by atoms with E-state index in [1.54, 1.807) is 4.90 Å². The van der Waals surface area contributed by atoms with E-state index in [9.17, 15) is 9.59 Å². The fourth-order valence-corrected chi connectivity index (χ4v) is 3.57. The maximum atomic E-state index is 12.5. The number of carboxylic acids is 1. The van der Waals surface area contributed by atoms with Crippen LogP contribution in [0.4, 0.5) is 0 Å². The van der Waals surface area contributed by atoms with E-state index in [-0.39, 0.29) is 24.3 Å². The second kappa shape index (κ2) is 7.78. The first-order valence-electron chi connectivity index (χ1n) is 8.18. The van der Waals surface area contributed by atoms with Gasteiger partial charge in [0.2, 0.25) is 5.91 Å². The zero-order valence-electron chi connectivity index (χ0n) is 12.9. The van der Waals surface area contributed by atoms with Crippen molar-refractivity contribution in [2.75, 3.05) is 19.7 Å². The minimum atomic E-state index is -0.871. The lowest BCUT2D eigenvalue weighted by molar-refractivity contribution is -0.149. The standard InChI is InChI=1S/C16H27NO4/c1-12(9-13-5-3-2-4-6-13)16(20)17-7-8-21-14(11-17)10-15(18)19/h12-14H,2-11H2,1H3,(H,18,19). The van der Waals surface area contributed by atoms with Crippen molar-refractivity contribution < 1.29 is 19.4 Å². The van der Waals surface area contributed by atoms with E-state index in [1.807, 2.05) is 6.92 Å². The number of hydrogen-bond donors (Lipinski definition) is 1. The summed E-state index contributed by atoms with van der Waals surface area (Å²) in [5.41, 5.74) is 0. The number of carbonyl (C=O) groups excluding carboxylic acids is 1. The van der Waals surface area contributed by atoms with E-state index in [1.165, 1.54) is 32.1 Å². The van der Waals surface area contributed by atoms with Crippen molar-refractivity contribution in [3.05, 3.63) is 0 Å². The van der Waals surface area contributed by atoms with Crippen molar-refractivity contribution in [3.63, 3.8) is 0 Å². The SMILES string of the molecule is CC(CC1CCCCC1)C(=O)N1CCOC(CC(=O)O)C1. The first kappa shape index (κ1) is 16.3. The molecule has 0 bridgehead atoms. The van der Waals surface area contributed by atoms with Crippen molar-refractivity contribution in [3.8, 4) is 0 Å². The first-order valence-corrected chi connectivity index (χ1v) is 8.18. The van der Waals surface area contributed by atoms with E-state index < -0.39 is 5.97 Å². The number of hydrogen-bond acceptors (Lipinski definition) is 3. The fraction of sp³-hybridized carbons (Fsp3) is 0.875. The summed E-state index contributed by atoms with van der Waals surface area (Å²) in [6.07, 6.45) is 7.01. The maximum Gasteiger partial charge on any atom is 0.306 e. The molecule has 1 heterocycles. The monoisotopic (exact) mass is 297 g/mol. The van der Waals surface area contributed by atoms with Crippen molar-refractivity contribution >= 4 is 11.9 Å². The summed E-state index contributed by atoms with van der Waals surface area (Å²) in [6.45, 7) is 3.46. The molecule has 2 unspecified atom stereocenters. The third-order valence-corrected chi connectivity index (χ3v) is 4.69. The summed E-state index contributed by atoms with van der Waals surface area (Å²) in [5.74, 6) is 0.0223. The summed E-state index contributed by atoms with van der Waals surface area (Å²) in [7, 11) is 0. The van der Waals surface area contributed by atoms with Crippen molar-refractivity contribution in [1.29, 1.82) is 0 Å². The average Bonchev–Trinajstić information content (AvgIpc) is 2.47. The quantitative estimate of drug-likeness (QED) is 0.845. The number of amides is 1. The number of carbonyl (C=O) groups is 2. The normalized spacial score (nSPS) is 25.6. The third kappa shape index (κ3) is 4.99. The van der Waals surface area contributed by atoms with Crippen LogP contribution in [0.15, 0.2) is 0 Å². The minimum Gasteiger partial charge on any atom is -0.481 e. The summed E-state index contributed by atoms with van der Waals surface area (Å²) >= 11 is 0. The molecule has 1 N–H and O–H groups in total. The van der Waals surface area contributed by atoms with E-state index in [4.69, 9.17) is 9.84 Å². The number of ether oxygens (including phenoxy) is 1. The number of aliphatic carboxylic acids is 1. The lowest BCUT2D eigenvalue weighted by Crippen LogP contribution is -2.48. The lowest BCUT2D eigenvalue weighted by atomic mass is 9.83. The predicted octanol–water partition coefficient (Wildman–Crippen LogP) is 2.29. The van der Waals surface area contributed by atoms with Gasteiger partial charge in [0, 0.05) is 19.0 Å². The average molecular weight is 297 g/mol. The van der Waals surface area contributed by atoms with Gasteiger partial charge >= 0.3 is 5.97 Å². The van der Waals surface area contributed by atoms with E-state index in [2.05, 4.69) is 0 Å². The van der Waals surface area contributed by atoms with E-state index in [0.717, 1.165) is 6.42 Å². The molecule has 2 atom stereocenters. The van der Waals surface area contributed by atoms with E-state index in [0.29, 0.717) is 25.6 Å². The molecular weight excluding hydrogens is 270 g/mol. The van der Waals surface area contributed by atoms with Gasteiger partial charge in [0.1, 0.15) is 0 Å². The van der Waals surface area contributed by atoms with Crippen LogP contribution in [-0.4, -0.2) is 47.7 Å². The Bertz CT molecular complexity index is 365. The highest BCUT2D eigenvalue weighted by Crippen LogP contribution is 2.29. The molecule has 21 heavy (non-hydrogen) atoms. The van der Waals surface area contributed by atoms with Gasteiger partial charge in [-0.25, -0.2) is 0 Å². The first-order chi connectivity index (χ1) is 10.1. The lowest BCUT2D eigenvalue weighted by Gasteiger charge is -2.35. The summed E-state index contributed by atoms with van der Waals surface area (Å²) < 4.78 is 5.42. The molecule has 2 aliphatic rings. The Balaban J connectivity index is 1.81. The Hall–Kier alpha value is -1.10. The molecule has 2 fully saturated rings. The molecule has 0 aromatic heterocycles. The minimum absolute atomic E-state index is 0.0270. The highest BCUT2D eigenvalue weighted by molar-refractivity contribution is 5.78. The molecule has 1 saturated carbocycles. The molecule has 2 rings (SSSR count). The van der Waals surface area contributed by atoms with Gasteiger partial charge in [-0.05, 0) is 12.3 Å². The molecule has 1 amide bonds. The van der Waals surface area contributed by atoms with Gasteiger partial charge < -0.3 is 14.7 Å². The topological polar surface area (TPSA) is 66.8 Å². The van der Waals surface area contributed by atoms with Crippen LogP contribution >= 0.6 is 0 Å². The van der Waals surface area contributed by atoms with Crippen molar-refractivity contribution in [2.45, 2.75) is 58.0 Å². The molecule has 120 valence electrons. The van der Waals surface area contributed by atoms with E-state index >= 15 is 0 Å². The van der Waals surface area contributed by atoms with Crippen LogP contribution in [-0.2, 0) is 14.3 Å². The molecule has 1 aliphatic carbocycles. The molecule has 1 aliphatic heterocycles. The Morgan fingerprint density at radius 1 is 1.29 bits per heavy atom. The van der Waals surface area contributed by atoms with Crippen LogP contribution in [0.3, 0.4) is 0 Å². The van der Waals surface area contributed by atoms with Gasteiger partial charge in [0.05, 0.1) is 19.1 Å². The smallest absolute Gasteiger partial charge is 0.306 e. The van der Waals surface area contributed by atoms with Gasteiger partial charge in [-0.1, -0.05) is 39.0 Å². The number of carboxylic acid groups (broad SMARTS) is 1. The molecule has 1 saturated heterocycles. The van der Waals surface area contributed by atoms with Crippen LogP contribution in [0.5, 0.6) is 0 Å². The van der Waals surface area contributed by atoms with Gasteiger partial charge in [0.15, 0.2) is 0 Å². The van der Waals surface area contributed by atoms with Crippen LogP contribution in [0, 0.1) is 11.8 Å². The van der Waals surface area contributed by atoms with Crippen LogP contribution in [0.2, 0.25) is 0 Å². The fourth-order valence-electron chi connectivity index (χ4n) is 3.57. The number of rotatable bonds is 5. The molecule has 0 radical (unpaired) electrons. The molecule has 0 aromatic carbocycles. The Morgan fingerprint density at radius 2 is 2.00 bits per heavy atom. The Labute approximate surface area is 126 Å². The predicted molar refractivity (Wildman–Crippen MR) is 78.9 cm³/mol. The zero-order valence-corrected chi connectivity index (χ0v) is 12.9. The third-order valence-electron chi connectivity index (χ3n) is 4.69. The van der Waals surface area contributed by atoms with Gasteiger partial charge in [-0.2, -0.15) is 0 Å². The highest BCUT2D eigenvalue weighted by atomic mass is 16.5. The molecule has 0 aromatic rings. The van der Waals surface area contributed by atoms with Crippen LogP contribution < -0.4 is 0 Å². The van der Waals surface area contributed by atoms with Gasteiger partial charge in [-0.15, -0.1) is 0 Å². The van der Waals surface area contributed by atoms with Gasteiger partial charge in [-0.3, -0.25) is 9.59 Å². The number of nitrogens with zero attached hydrogens (tertiary/aromatic N) is 1. The second-order valence-electron chi connectivity index (χ2n) is 6.52. The van der Waals surface area contributed by atoms with Gasteiger partial charge in [0.25, 0.3) is 0 Å². The maximum absolute atomic E-state index is 12.5. The molecule has 5 heteroatoms. The van der Waals surface area contributed by atoms with Crippen molar-refractivity contribution in [1.82, 2.24) is 4.90 Å².